The fourth-order valence-electron chi connectivity index (χ4n) is 3.76. The fourth-order valence-corrected chi connectivity index (χ4v) is 3.76. The highest BCUT2D eigenvalue weighted by Gasteiger charge is 2.30. The van der Waals surface area contributed by atoms with Crippen LogP contribution in [-0.2, 0) is 30.3 Å². The van der Waals surface area contributed by atoms with E-state index in [1.54, 1.807) is 24.3 Å². The summed E-state index contributed by atoms with van der Waals surface area (Å²) in [7, 11) is 2.58. The largest absolute Gasteiger partial charge is 0.467 e. The van der Waals surface area contributed by atoms with Gasteiger partial charge >= 0.3 is 5.97 Å². The summed E-state index contributed by atoms with van der Waals surface area (Å²) in [5, 5.41) is 6.56. The van der Waals surface area contributed by atoms with Crippen LogP contribution in [0.4, 0.5) is 8.78 Å². The molecule has 3 rings (SSSR count). The van der Waals surface area contributed by atoms with Crippen LogP contribution in [0.15, 0.2) is 47.6 Å². The van der Waals surface area contributed by atoms with Gasteiger partial charge in [0.1, 0.15) is 30.5 Å². The van der Waals surface area contributed by atoms with Crippen molar-refractivity contribution in [2.45, 2.75) is 25.3 Å². The highest BCUT2D eigenvalue weighted by molar-refractivity contribution is 6.39. The van der Waals surface area contributed by atoms with Crippen molar-refractivity contribution in [1.29, 1.82) is 0 Å². The van der Waals surface area contributed by atoms with Crippen LogP contribution in [0.5, 0.6) is 0 Å². The number of esters is 1. The number of methoxy groups -OCH3 is 1. The number of amides is 1. The Labute approximate surface area is 190 Å². The van der Waals surface area contributed by atoms with Crippen LogP contribution < -0.4 is 5.32 Å². The van der Waals surface area contributed by atoms with Crippen LogP contribution in [0.2, 0.25) is 0 Å². The Morgan fingerprint density at radius 3 is 2.30 bits per heavy atom. The second-order valence-corrected chi connectivity index (χ2v) is 7.59. The first-order chi connectivity index (χ1) is 15.9. The van der Waals surface area contributed by atoms with E-state index in [-0.39, 0.29) is 23.6 Å². The lowest BCUT2D eigenvalue weighted by Crippen LogP contribution is -2.47. The second-order valence-electron chi connectivity index (χ2n) is 7.59. The second kappa shape index (κ2) is 11.5. The van der Waals surface area contributed by atoms with Gasteiger partial charge < -0.3 is 19.6 Å². The predicted molar refractivity (Wildman–Crippen MR) is 117 cm³/mol. The molecule has 0 spiro atoms. The first-order valence-electron chi connectivity index (χ1n) is 10.6. The van der Waals surface area contributed by atoms with E-state index < -0.39 is 29.6 Å². The van der Waals surface area contributed by atoms with Crippen molar-refractivity contribution in [2.75, 3.05) is 27.4 Å². The van der Waals surface area contributed by atoms with Crippen LogP contribution in [0.3, 0.4) is 0 Å². The number of rotatable bonds is 8. The Hall–Kier alpha value is -3.33. The van der Waals surface area contributed by atoms with Gasteiger partial charge in [0.05, 0.1) is 12.7 Å². The third-order valence-corrected chi connectivity index (χ3v) is 5.47. The van der Waals surface area contributed by atoms with Crippen LogP contribution in [0, 0.1) is 17.6 Å². The SMILES string of the molecule is CON=C(C(=O)N[C@@H](Cc1ccc(-c2c(F)cccc2F)cc1)C(=O)OC)C1CCOCC1. The molecule has 1 atom stereocenters. The monoisotopic (exact) mass is 460 g/mol. The first-order valence-corrected chi connectivity index (χ1v) is 10.6. The van der Waals surface area contributed by atoms with Crippen molar-refractivity contribution < 1.29 is 32.7 Å². The number of halogens is 2. The summed E-state index contributed by atoms with van der Waals surface area (Å²) in [6, 6.07) is 9.10. The zero-order valence-corrected chi connectivity index (χ0v) is 18.5. The lowest BCUT2D eigenvalue weighted by Gasteiger charge is -2.24. The maximum Gasteiger partial charge on any atom is 0.328 e. The number of hydrogen-bond donors (Lipinski definition) is 1. The van der Waals surface area contributed by atoms with Gasteiger partial charge in [-0.2, -0.15) is 0 Å². The molecule has 33 heavy (non-hydrogen) atoms. The van der Waals surface area contributed by atoms with E-state index in [0.717, 1.165) is 0 Å². The third kappa shape index (κ3) is 6.13. The van der Waals surface area contributed by atoms with Crippen molar-refractivity contribution in [2.24, 2.45) is 11.1 Å². The van der Waals surface area contributed by atoms with Gasteiger partial charge in [0, 0.05) is 25.6 Å². The third-order valence-electron chi connectivity index (χ3n) is 5.47. The molecule has 2 aromatic rings. The summed E-state index contributed by atoms with van der Waals surface area (Å²) in [5.41, 5.74) is 1.10. The zero-order chi connectivity index (χ0) is 23.8. The molecule has 1 fully saturated rings. The lowest BCUT2D eigenvalue weighted by atomic mass is 9.93. The summed E-state index contributed by atoms with van der Waals surface area (Å²) in [6.45, 7) is 1.02. The van der Waals surface area contributed by atoms with Crippen LogP contribution in [0.25, 0.3) is 11.1 Å². The van der Waals surface area contributed by atoms with E-state index in [1.165, 1.54) is 32.4 Å². The average Bonchev–Trinajstić information content (AvgIpc) is 2.83. The molecule has 1 heterocycles. The number of ether oxygens (including phenoxy) is 2. The van der Waals surface area contributed by atoms with Gasteiger partial charge in [-0.1, -0.05) is 35.5 Å². The maximum atomic E-state index is 14.1. The van der Waals surface area contributed by atoms with Gasteiger partial charge in [-0.25, -0.2) is 13.6 Å². The molecule has 0 unspecified atom stereocenters. The van der Waals surface area contributed by atoms with E-state index in [1.807, 2.05) is 0 Å². The average molecular weight is 460 g/mol. The van der Waals surface area contributed by atoms with E-state index in [9.17, 15) is 18.4 Å². The number of carbonyl (C=O) groups excluding carboxylic acids is 2. The molecule has 0 aliphatic carbocycles. The Kier molecular flexibility index (Phi) is 8.48. The Bertz CT molecular complexity index is 984. The first kappa shape index (κ1) is 24.3. The van der Waals surface area contributed by atoms with Gasteiger partial charge in [0.2, 0.25) is 0 Å². The van der Waals surface area contributed by atoms with Gasteiger partial charge in [0.25, 0.3) is 5.91 Å². The van der Waals surface area contributed by atoms with Crippen LogP contribution in [-0.4, -0.2) is 51.1 Å². The summed E-state index contributed by atoms with van der Waals surface area (Å²) in [4.78, 5) is 30.1. The van der Waals surface area contributed by atoms with Crippen LogP contribution in [0.1, 0.15) is 18.4 Å². The molecule has 1 amide bonds. The maximum absolute atomic E-state index is 14.1. The number of oxime groups is 1. The molecule has 0 bridgehead atoms. The molecule has 1 aliphatic heterocycles. The summed E-state index contributed by atoms with van der Waals surface area (Å²) in [6.07, 6.45) is 1.35. The summed E-state index contributed by atoms with van der Waals surface area (Å²) < 4.78 is 38.3. The number of nitrogens with zero attached hydrogens (tertiary/aromatic N) is 1. The number of hydrogen-bond acceptors (Lipinski definition) is 6. The summed E-state index contributed by atoms with van der Waals surface area (Å²) in [5.74, 6) is -2.63. The Morgan fingerprint density at radius 1 is 1.09 bits per heavy atom. The Morgan fingerprint density at radius 2 is 1.73 bits per heavy atom. The number of benzene rings is 2. The van der Waals surface area contributed by atoms with Crippen molar-refractivity contribution in [1.82, 2.24) is 5.32 Å². The fraction of sp³-hybridized carbons (Fsp3) is 0.375. The molecule has 2 aromatic carbocycles. The topological polar surface area (TPSA) is 86.2 Å². The molecule has 176 valence electrons. The van der Waals surface area contributed by atoms with Crippen molar-refractivity contribution in [3.05, 3.63) is 59.7 Å². The quantitative estimate of drug-likeness (QED) is 0.371. The van der Waals surface area contributed by atoms with Crippen molar-refractivity contribution in [3.63, 3.8) is 0 Å². The number of nitrogens with one attached hydrogen (secondary N) is 1. The van der Waals surface area contributed by atoms with E-state index in [2.05, 4.69) is 10.5 Å². The molecule has 9 heteroatoms. The van der Waals surface area contributed by atoms with Gasteiger partial charge in [-0.15, -0.1) is 0 Å². The van der Waals surface area contributed by atoms with Gasteiger partial charge in [-0.05, 0) is 36.1 Å². The smallest absolute Gasteiger partial charge is 0.328 e. The highest BCUT2D eigenvalue weighted by atomic mass is 19.1. The van der Waals surface area contributed by atoms with E-state index in [4.69, 9.17) is 14.3 Å². The van der Waals surface area contributed by atoms with Crippen LogP contribution >= 0.6 is 0 Å². The number of carbonyl (C=O) groups is 2. The molecular formula is C24H26F2N2O5. The lowest BCUT2D eigenvalue weighted by molar-refractivity contribution is -0.144. The molecule has 7 nitrogen and oxygen atoms in total. The predicted octanol–water partition coefficient (Wildman–Crippen LogP) is 3.26. The zero-order valence-electron chi connectivity index (χ0n) is 18.5. The van der Waals surface area contributed by atoms with E-state index >= 15 is 0 Å². The minimum absolute atomic E-state index is 0.118. The van der Waals surface area contributed by atoms with Crippen molar-refractivity contribution in [3.8, 4) is 11.1 Å². The van der Waals surface area contributed by atoms with Gasteiger partial charge in [-0.3, -0.25) is 4.79 Å². The van der Waals surface area contributed by atoms with E-state index in [0.29, 0.717) is 37.2 Å². The normalized spacial score (nSPS) is 15.6. The molecule has 1 aliphatic rings. The van der Waals surface area contributed by atoms with Gasteiger partial charge in [0.15, 0.2) is 0 Å². The molecule has 0 radical (unpaired) electrons. The standard InChI is InChI=1S/C24H26F2N2O5/c1-31-24(30)20(27-23(29)22(28-32-2)17-10-12-33-13-11-17)14-15-6-8-16(9-7-15)21-18(25)4-3-5-19(21)26/h3-9,17,20H,10-14H2,1-2H3,(H,27,29)/t20-/m0/s1. The Balaban J connectivity index is 1.76. The molecule has 0 saturated carbocycles. The molecule has 1 N–H and O–H groups in total. The molecular weight excluding hydrogens is 434 g/mol. The molecule has 0 aromatic heterocycles. The highest BCUT2D eigenvalue weighted by Crippen LogP contribution is 2.26. The molecule has 1 saturated heterocycles. The van der Waals surface area contributed by atoms with Crippen molar-refractivity contribution >= 4 is 17.6 Å². The minimum atomic E-state index is -0.986. The summed E-state index contributed by atoms with van der Waals surface area (Å²) >= 11 is 0. The minimum Gasteiger partial charge on any atom is -0.467 e.